The molecule has 1 amide bonds. The van der Waals surface area contributed by atoms with Crippen molar-refractivity contribution in [2.24, 2.45) is 17.8 Å². The van der Waals surface area contributed by atoms with E-state index in [1.54, 1.807) is 7.05 Å². The number of allylic oxidation sites excluding steroid dienone is 1. The first kappa shape index (κ1) is 12.6. The molecule has 3 heteroatoms. The summed E-state index contributed by atoms with van der Waals surface area (Å²) in [5.41, 5.74) is 1.49. The lowest BCUT2D eigenvalue weighted by molar-refractivity contribution is -0.120. The van der Waals surface area contributed by atoms with Crippen LogP contribution in [0, 0.1) is 17.8 Å². The Kier molecular flexibility index (Phi) is 4.21. The van der Waals surface area contributed by atoms with Gasteiger partial charge in [-0.2, -0.15) is 0 Å². The third kappa shape index (κ3) is 3.09. The fourth-order valence-corrected chi connectivity index (χ4v) is 3.37. The van der Waals surface area contributed by atoms with Gasteiger partial charge < -0.3 is 10.6 Å². The lowest BCUT2D eigenvalue weighted by Gasteiger charge is -2.33. The van der Waals surface area contributed by atoms with E-state index < -0.39 is 0 Å². The first-order chi connectivity index (χ1) is 8.20. The molecule has 0 radical (unpaired) electrons. The van der Waals surface area contributed by atoms with Crippen molar-refractivity contribution in [3.05, 3.63) is 12.2 Å². The Bertz CT molecular complexity index is 301. The number of likely N-dealkylation sites (N-methyl/N-ethyl adjacent to an activating group) is 1. The van der Waals surface area contributed by atoms with E-state index in [2.05, 4.69) is 17.2 Å². The van der Waals surface area contributed by atoms with Crippen LogP contribution >= 0.6 is 0 Å². The molecule has 0 aromatic rings. The zero-order chi connectivity index (χ0) is 12.3. The highest BCUT2D eigenvalue weighted by atomic mass is 16.1. The summed E-state index contributed by atoms with van der Waals surface area (Å²) in [5.74, 6) is 2.78. The monoisotopic (exact) mass is 236 g/mol. The van der Waals surface area contributed by atoms with E-state index in [1.807, 2.05) is 0 Å². The van der Waals surface area contributed by atoms with E-state index in [4.69, 9.17) is 0 Å². The van der Waals surface area contributed by atoms with E-state index >= 15 is 0 Å². The maximum Gasteiger partial charge on any atom is 0.233 e. The number of carbonyl (C=O) groups excluding carboxylic acids is 1. The van der Waals surface area contributed by atoms with Crippen LogP contribution in [0.1, 0.15) is 32.1 Å². The molecular formula is C14H24N2O. The van der Waals surface area contributed by atoms with Crippen LogP contribution in [0.3, 0.4) is 0 Å². The summed E-state index contributed by atoms with van der Waals surface area (Å²) in [6.45, 7) is 5.36. The molecule has 2 aliphatic rings. The summed E-state index contributed by atoms with van der Waals surface area (Å²) in [4.78, 5) is 11.2. The maximum absolute atomic E-state index is 11.2. The van der Waals surface area contributed by atoms with Crippen LogP contribution in [0.2, 0.25) is 0 Å². The maximum atomic E-state index is 11.2. The number of amides is 1. The van der Waals surface area contributed by atoms with Crippen molar-refractivity contribution in [1.82, 2.24) is 10.6 Å². The molecule has 0 bridgehead atoms. The fraction of sp³-hybridized carbons (Fsp3) is 0.786. The van der Waals surface area contributed by atoms with Gasteiger partial charge in [0.1, 0.15) is 0 Å². The van der Waals surface area contributed by atoms with Gasteiger partial charge in [-0.25, -0.2) is 0 Å². The van der Waals surface area contributed by atoms with Crippen molar-refractivity contribution in [2.75, 3.05) is 20.1 Å². The highest BCUT2D eigenvalue weighted by molar-refractivity contribution is 5.77. The lowest BCUT2D eigenvalue weighted by atomic mass is 9.72. The Balaban J connectivity index is 1.54. The molecule has 2 aliphatic carbocycles. The molecular weight excluding hydrogens is 212 g/mol. The third-order valence-corrected chi connectivity index (χ3v) is 4.29. The van der Waals surface area contributed by atoms with Gasteiger partial charge in [0.05, 0.1) is 6.54 Å². The van der Waals surface area contributed by atoms with Crippen LogP contribution in [-0.4, -0.2) is 26.0 Å². The van der Waals surface area contributed by atoms with Crippen LogP contribution in [0.15, 0.2) is 12.2 Å². The Morgan fingerprint density at radius 3 is 2.94 bits per heavy atom. The van der Waals surface area contributed by atoms with Gasteiger partial charge in [0, 0.05) is 6.54 Å². The number of hydrogen-bond acceptors (Lipinski definition) is 2. The average molecular weight is 236 g/mol. The lowest BCUT2D eigenvalue weighted by Crippen LogP contribution is -2.32. The summed E-state index contributed by atoms with van der Waals surface area (Å²) in [7, 11) is 1.79. The zero-order valence-electron chi connectivity index (χ0n) is 10.8. The summed E-state index contributed by atoms with van der Waals surface area (Å²) < 4.78 is 0. The van der Waals surface area contributed by atoms with E-state index in [9.17, 15) is 4.79 Å². The molecule has 0 heterocycles. The molecule has 3 unspecified atom stereocenters. The normalized spacial score (nSPS) is 30.9. The quantitative estimate of drug-likeness (QED) is 0.544. The Hall–Kier alpha value is -0.830. The molecule has 0 saturated heterocycles. The molecule has 3 atom stereocenters. The number of hydrogen-bond donors (Lipinski definition) is 2. The molecule has 0 aliphatic heterocycles. The molecule has 2 N–H and O–H groups in total. The molecule has 96 valence electrons. The number of fused-ring (bicyclic) bond motifs is 1. The molecule has 17 heavy (non-hydrogen) atoms. The van der Waals surface area contributed by atoms with Crippen molar-refractivity contribution >= 4 is 5.91 Å². The van der Waals surface area contributed by atoms with Gasteiger partial charge in [-0.1, -0.05) is 12.2 Å². The van der Waals surface area contributed by atoms with Crippen molar-refractivity contribution in [1.29, 1.82) is 0 Å². The van der Waals surface area contributed by atoms with Gasteiger partial charge in [0.25, 0.3) is 0 Å². The molecule has 0 spiro atoms. The van der Waals surface area contributed by atoms with Gasteiger partial charge in [0.15, 0.2) is 0 Å². The van der Waals surface area contributed by atoms with E-state index in [0.717, 1.165) is 30.7 Å². The summed E-state index contributed by atoms with van der Waals surface area (Å²) in [6, 6.07) is 0. The zero-order valence-corrected chi connectivity index (χ0v) is 10.8. The standard InChI is InChI=1S/C14H24N2O/c1-10-6-12-7-11(8-13(10)12)4-3-5-16-14(17)9-15-2/h11-13,15H,1,3-9H2,2H3,(H,16,17). The van der Waals surface area contributed by atoms with Crippen LogP contribution in [0.5, 0.6) is 0 Å². The van der Waals surface area contributed by atoms with Crippen molar-refractivity contribution in [3.8, 4) is 0 Å². The van der Waals surface area contributed by atoms with Crippen LogP contribution in [0.25, 0.3) is 0 Å². The topological polar surface area (TPSA) is 41.1 Å². The summed E-state index contributed by atoms with van der Waals surface area (Å²) >= 11 is 0. The van der Waals surface area contributed by atoms with Crippen LogP contribution < -0.4 is 10.6 Å². The number of carbonyl (C=O) groups is 1. The number of nitrogens with one attached hydrogen (secondary N) is 2. The van der Waals surface area contributed by atoms with Gasteiger partial charge in [-0.15, -0.1) is 0 Å². The molecule has 0 aromatic heterocycles. The minimum Gasteiger partial charge on any atom is -0.355 e. The predicted molar refractivity (Wildman–Crippen MR) is 69.6 cm³/mol. The summed E-state index contributed by atoms with van der Waals surface area (Å²) in [6.07, 6.45) is 6.41. The molecule has 0 aromatic carbocycles. The van der Waals surface area contributed by atoms with E-state index in [1.165, 1.54) is 31.3 Å². The summed E-state index contributed by atoms with van der Waals surface area (Å²) in [5, 5.41) is 5.79. The molecule has 2 fully saturated rings. The minimum atomic E-state index is 0.104. The van der Waals surface area contributed by atoms with Gasteiger partial charge in [-0.05, 0) is 56.9 Å². The van der Waals surface area contributed by atoms with Crippen molar-refractivity contribution in [2.45, 2.75) is 32.1 Å². The fourth-order valence-electron chi connectivity index (χ4n) is 3.37. The first-order valence-corrected chi connectivity index (χ1v) is 6.79. The third-order valence-electron chi connectivity index (χ3n) is 4.29. The van der Waals surface area contributed by atoms with Gasteiger partial charge in [0.2, 0.25) is 5.91 Å². The SMILES string of the molecule is C=C1CC2CC(CCCNC(=O)CNC)CC12. The van der Waals surface area contributed by atoms with E-state index in [-0.39, 0.29) is 5.91 Å². The van der Waals surface area contributed by atoms with Crippen molar-refractivity contribution < 1.29 is 4.79 Å². The predicted octanol–water partition coefficient (Wildman–Crippen LogP) is 1.70. The van der Waals surface area contributed by atoms with Gasteiger partial charge >= 0.3 is 0 Å². The van der Waals surface area contributed by atoms with Crippen molar-refractivity contribution in [3.63, 3.8) is 0 Å². The highest BCUT2D eigenvalue weighted by Gasteiger charge is 2.42. The first-order valence-electron chi connectivity index (χ1n) is 6.79. The average Bonchev–Trinajstić information content (AvgIpc) is 2.62. The van der Waals surface area contributed by atoms with Crippen LogP contribution in [0.4, 0.5) is 0 Å². The van der Waals surface area contributed by atoms with E-state index in [0.29, 0.717) is 6.54 Å². The molecule has 3 nitrogen and oxygen atoms in total. The smallest absolute Gasteiger partial charge is 0.233 e. The Morgan fingerprint density at radius 2 is 2.29 bits per heavy atom. The highest BCUT2D eigenvalue weighted by Crippen LogP contribution is 2.53. The second kappa shape index (κ2) is 5.67. The Labute approximate surface area is 104 Å². The Morgan fingerprint density at radius 1 is 1.47 bits per heavy atom. The van der Waals surface area contributed by atoms with Crippen LogP contribution in [-0.2, 0) is 4.79 Å². The van der Waals surface area contributed by atoms with Gasteiger partial charge in [-0.3, -0.25) is 4.79 Å². The largest absolute Gasteiger partial charge is 0.355 e. The second-order valence-electron chi connectivity index (χ2n) is 5.59. The molecule has 2 rings (SSSR count). The second-order valence-corrected chi connectivity index (χ2v) is 5.59. The molecule has 2 saturated carbocycles. The minimum absolute atomic E-state index is 0.104. The number of rotatable bonds is 6.